The Balaban J connectivity index is 1.21. The highest BCUT2D eigenvalue weighted by Crippen LogP contribution is 2.31. The summed E-state index contributed by atoms with van der Waals surface area (Å²) in [6.07, 6.45) is 12.2. The van der Waals surface area contributed by atoms with Gasteiger partial charge in [0.15, 0.2) is 11.8 Å². The van der Waals surface area contributed by atoms with Crippen LogP contribution in [-0.2, 0) is 4.79 Å². The number of pyridine rings is 1. The Morgan fingerprint density at radius 3 is 2.52 bits per heavy atom. The van der Waals surface area contributed by atoms with Crippen molar-refractivity contribution in [2.24, 2.45) is 16.6 Å². The Kier molecular flexibility index (Phi) is 9.11. The van der Waals surface area contributed by atoms with Gasteiger partial charge < -0.3 is 26.2 Å². The van der Waals surface area contributed by atoms with E-state index in [-0.39, 0.29) is 23.8 Å². The zero-order chi connectivity index (χ0) is 27.9. The van der Waals surface area contributed by atoms with E-state index in [1.165, 1.54) is 6.42 Å². The second-order valence-electron chi connectivity index (χ2n) is 11.1. The summed E-state index contributed by atoms with van der Waals surface area (Å²) in [6, 6.07) is 11.5. The lowest BCUT2D eigenvalue weighted by Gasteiger charge is -2.31. The number of guanidine groups is 1. The molecule has 2 aromatic rings. The number of amides is 2. The number of hydrogen-bond acceptors (Lipinski definition) is 5. The highest BCUT2D eigenvalue weighted by Gasteiger charge is 2.27. The van der Waals surface area contributed by atoms with Gasteiger partial charge in [-0.15, -0.1) is 0 Å². The number of hydrogen-bond donors (Lipinski definition) is 3. The molecule has 1 aromatic heterocycles. The zero-order valence-electron chi connectivity index (χ0n) is 23.4. The van der Waals surface area contributed by atoms with E-state index in [2.05, 4.69) is 26.7 Å². The lowest BCUT2D eigenvalue weighted by atomic mass is 9.87. The van der Waals surface area contributed by atoms with Crippen LogP contribution in [0.4, 0.5) is 11.5 Å². The number of nitrogens with one attached hydrogen (secondary N) is 2. The molecule has 1 saturated carbocycles. The van der Waals surface area contributed by atoms with Crippen molar-refractivity contribution in [3.8, 4) is 0 Å². The smallest absolute Gasteiger partial charge is 0.253 e. The molecule has 1 aliphatic carbocycles. The average molecular weight is 544 g/mol. The van der Waals surface area contributed by atoms with Crippen molar-refractivity contribution in [1.29, 1.82) is 0 Å². The third kappa shape index (κ3) is 6.70. The first kappa shape index (κ1) is 27.8. The number of anilines is 1. The van der Waals surface area contributed by atoms with Crippen molar-refractivity contribution in [3.63, 3.8) is 0 Å². The maximum absolute atomic E-state index is 13.0. The molecular formula is C31H41N7O2. The predicted molar refractivity (Wildman–Crippen MR) is 159 cm³/mol. The lowest BCUT2D eigenvalue weighted by Crippen LogP contribution is -2.43. The fourth-order valence-corrected chi connectivity index (χ4v) is 6.01. The van der Waals surface area contributed by atoms with E-state index >= 15 is 0 Å². The molecule has 9 heteroatoms. The van der Waals surface area contributed by atoms with Gasteiger partial charge in [0.1, 0.15) is 0 Å². The first-order chi connectivity index (χ1) is 19.5. The normalized spacial score (nSPS) is 19.2. The topological polar surface area (TPSA) is 116 Å². The van der Waals surface area contributed by atoms with Gasteiger partial charge in [-0.2, -0.15) is 4.99 Å². The third-order valence-electron chi connectivity index (χ3n) is 8.42. The summed E-state index contributed by atoms with van der Waals surface area (Å²) in [6.45, 7) is 3.22. The van der Waals surface area contributed by atoms with Crippen molar-refractivity contribution < 1.29 is 9.59 Å². The van der Waals surface area contributed by atoms with Gasteiger partial charge in [-0.25, -0.2) is 4.98 Å². The van der Waals surface area contributed by atoms with E-state index in [1.807, 2.05) is 53.2 Å². The van der Waals surface area contributed by atoms with Gasteiger partial charge in [-0.1, -0.05) is 25.3 Å². The van der Waals surface area contributed by atoms with Crippen molar-refractivity contribution in [3.05, 3.63) is 59.8 Å². The fourth-order valence-electron chi connectivity index (χ4n) is 6.01. The number of aromatic nitrogens is 1. The molecule has 0 unspecified atom stereocenters. The maximum atomic E-state index is 13.0. The molecule has 0 atom stereocenters. The minimum atomic E-state index is 0.0259. The van der Waals surface area contributed by atoms with Gasteiger partial charge >= 0.3 is 0 Å². The van der Waals surface area contributed by atoms with Crippen LogP contribution in [0.3, 0.4) is 0 Å². The van der Waals surface area contributed by atoms with Crippen LogP contribution in [0.15, 0.2) is 53.7 Å². The second kappa shape index (κ2) is 13.1. The molecule has 2 amide bonds. The summed E-state index contributed by atoms with van der Waals surface area (Å²) >= 11 is 0. The SMILES string of the molecule is CN(C(=O)c1ccc(NC(N)=Nc2ncccc2C2=CCN(C(=O)C3CCCCC3)CC2)cc1)C1CCNCC1. The molecule has 4 N–H and O–H groups in total. The average Bonchev–Trinajstić information content (AvgIpc) is 3.01. The quantitative estimate of drug-likeness (QED) is 0.372. The van der Waals surface area contributed by atoms with E-state index in [0.717, 1.165) is 74.9 Å². The molecule has 3 aliphatic rings. The Bertz CT molecular complexity index is 1240. The minimum absolute atomic E-state index is 0.0259. The first-order valence-corrected chi connectivity index (χ1v) is 14.6. The minimum Gasteiger partial charge on any atom is -0.369 e. The van der Waals surface area contributed by atoms with Crippen LogP contribution in [-0.4, -0.2) is 71.8 Å². The van der Waals surface area contributed by atoms with Gasteiger partial charge in [0.2, 0.25) is 5.91 Å². The summed E-state index contributed by atoms with van der Waals surface area (Å²) in [4.78, 5) is 38.8. The molecule has 0 spiro atoms. The molecule has 1 saturated heterocycles. The Morgan fingerprint density at radius 1 is 1.07 bits per heavy atom. The molecule has 40 heavy (non-hydrogen) atoms. The Labute approximate surface area is 236 Å². The second-order valence-corrected chi connectivity index (χ2v) is 11.1. The molecule has 2 aliphatic heterocycles. The van der Waals surface area contributed by atoms with E-state index in [4.69, 9.17) is 5.73 Å². The van der Waals surface area contributed by atoms with Crippen molar-refractivity contribution in [2.75, 3.05) is 38.5 Å². The first-order valence-electron chi connectivity index (χ1n) is 14.6. The lowest BCUT2D eigenvalue weighted by molar-refractivity contribution is -0.136. The number of aliphatic imine (C=N–C) groups is 1. The number of nitrogens with two attached hydrogens (primary N) is 1. The highest BCUT2D eigenvalue weighted by atomic mass is 16.2. The number of rotatable bonds is 6. The van der Waals surface area contributed by atoms with Crippen LogP contribution in [0.5, 0.6) is 0 Å². The van der Waals surface area contributed by atoms with Crippen LogP contribution in [0, 0.1) is 5.92 Å². The Morgan fingerprint density at radius 2 is 1.82 bits per heavy atom. The molecule has 212 valence electrons. The largest absolute Gasteiger partial charge is 0.369 e. The summed E-state index contributed by atoms with van der Waals surface area (Å²) in [5, 5.41) is 6.46. The molecule has 0 bridgehead atoms. The highest BCUT2D eigenvalue weighted by molar-refractivity contribution is 5.97. The zero-order valence-corrected chi connectivity index (χ0v) is 23.4. The fraction of sp³-hybridized carbons (Fsp3) is 0.484. The number of benzene rings is 1. The molecular weight excluding hydrogens is 502 g/mol. The maximum Gasteiger partial charge on any atom is 0.253 e. The number of carbonyl (C=O) groups is 2. The van der Waals surface area contributed by atoms with E-state index in [1.54, 1.807) is 6.20 Å². The van der Waals surface area contributed by atoms with Crippen molar-refractivity contribution in [1.82, 2.24) is 20.1 Å². The van der Waals surface area contributed by atoms with Crippen LogP contribution in [0.2, 0.25) is 0 Å². The van der Waals surface area contributed by atoms with E-state index < -0.39 is 0 Å². The van der Waals surface area contributed by atoms with Gasteiger partial charge in [0, 0.05) is 55.1 Å². The summed E-state index contributed by atoms with van der Waals surface area (Å²) in [5.41, 5.74) is 9.72. The van der Waals surface area contributed by atoms with E-state index in [0.29, 0.717) is 30.4 Å². The van der Waals surface area contributed by atoms with Gasteiger partial charge in [-0.3, -0.25) is 9.59 Å². The number of nitrogens with zero attached hydrogens (tertiary/aromatic N) is 4. The number of carbonyl (C=O) groups excluding carboxylic acids is 2. The molecule has 5 rings (SSSR count). The van der Waals surface area contributed by atoms with Crippen molar-refractivity contribution >= 4 is 34.9 Å². The van der Waals surface area contributed by atoms with E-state index in [9.17, 15) is 9.59 Å². The Hall–Kier alpha value is -3.72. The monoisotopic (exact) mass is 543 g/mol. The third-order valence-corrected chi connectivity index (χ3v) is 8.42. The summed E-state index contributed by atoms with van der Waals surface area (Å²) in [5.74, 6) is 1.28. The van der Waals surface area contributed by atoms with Gasteiger partial charge in [-0.05, 0) is 87.2 Å². The van der Waals surface area contributed by atoms with Gasteiger partial charge in [0.25, 0.3) is 5.91 Å². The molecule has 1 aromatic carbocycles. The summed E-state index contributed by atoms with van der Waals surface area (Å²) < 4.78 is 0. The molecule has 0 radical (unpaired) electrons. The molecule has 9 nitrogen and oxygen atoms in total. The predicted octanol–water partition coefficient (Wildman–Crippen LogP) is 4.16. The number of piperidine rings is 1. The van der Waals surface area contributed by atoms with Crippen LogP contribution in [0.25, 0.3) is 5.57 Å². The molecule has 3 heterocycles. The summed E-state index contributed by atoms with van der Waals surface area (Å²) in [7, 11) is 1.88. The van der Waals surface area contributed by atoms with Crippen LogP contribution >= 0.6 is 0 Å². The van der Waals surface area contributed by atoms with Gasteiger partial charge in [0.05, 0.1) is 0 Å². The van der Waals surface area contributed by atoms with Crippen LogP contribution < -0.4 is 16.4 Å². The van der Waals surface area contributed by atoms with Crippen LogP contribution in [0.1, 0.15) is 67.3 Å². The molecule has 2 fully saturated rings. The standard InChI is InChI=1S/C31H41N7O2/c1-37(26-13-18-33-19-14-26)29(39)24-9-11-25(12-10-24)35-31(32)36-28-27(8-5-17-34-28)22-15-20-38(21-16-22)30(40)23-6-3-2-4-7-23/h5,8-12,15,17,23,26,33H,2-4,6-7,13-14,16,18-21H2,1H3,(H3,32,34,35,36). The van der Waals surface area contributed by atoms with Crippen molar-refractivity contribution in [2.45, 2.75) is 57.4 Å².